The molecule has 4 nitrogen and oxygen atoms in total. The first-order valence-corrected chi connectivity index (χ1v) is 8.11. The summed E-state index contributed by atoms with van der Waals surface area (Å²) in [5, 5.41) is 0. The van der Waals surface area contributed by atoms with Gasteiger partial charge in [0.05, 0.1) is 5.75 Å². The summed E-state index contributed by atoms with van der Waals surface area (Å²) in [4.78, 5) is 0. The zero-order chi connectivity index (χ0) is 15.5. The van der Waals surface area contributed by atoms with Crippen LogP contribution in [-0.4, -0.2) is 8.42 Å². The molecule has 1 unspecified atom stereocenters. The van der Waals surface area contributed by atoms with Crippen LogP contribution in [0.5, 0.6) is 0 Å². The summed E-state index contributed by atoms with van der Waals surface area (Å²) in [6.45, 7) is 1.72. The Morgan fingerprint density at radius 3 is 2.24 bits per heavy atom. The second-order valence-corrected chi connectivity index (χ2v) is 6.65. The first-order chi connectivity index (χ1) is 9.85. The summed E-state index contributed by atoms with van der Waals surface area (Å²) >= 11 is 0. The van der Waals surface area contributed by atoms with Gasteiger partial charge in [0.25, 0.3) is 0 Å². The average Bonchev–Trinajstić information content (AvgIpc) is 2.41. The van der Waals surface area contributed by atoms with Gasteiger partial charge in [-0.3, -0.25) is 0 Å². The Balaban J connectivity index is 2.06. The van der Waals surface area contributed by atoms with E-state index in [1.165, 1.54) is 12.1 Å². The van der Waals surface area contributed by atoms with Crippen LogP contribution in [0.15, 0.2) is 48.5 Å². The highest BCUT2D eigenvalue weighted by molar-refractivity contribution is 7.88. The lowest BCUT2D eigenvalue weighted by Crippen LogP contribution is -2.28. The Kier molecular flexibility index (Phi) is 4.59. The van der Waals surface area contributed by atoms with Gasteiger partial charge in [-0.1, -0.05) is 24.3 Å². The third kappa shape index (κ3) is 4.54. The van der Waals surface area contributed by atoms with E-state index in [0.717, 1.165) is 0 Å². The molecular formula is C15H17FN2O2S. The molecule has 0 bridgehead atoms. The van der Waals surface area contributed by atoms with Crippen molar-refractivity contribution in [3.63, 3.8) is 0 Å². The number of anilines is 1. The van der Waals surface area contributed by atoms with Crippen LogP contribution in [0, 0.1) is 5.82 Å². The second kappa shape index (κ2) is 6.24. The van der Waals surface area contributed by atoms with Crippen molar-refractivity contribution < 1.29 is 12.8 Å². The Morgan fingerprint density at radius 1 is 1.10 bits per heavy atom. The maximum absolute atomic E-state index is 12.9. The largest absolute Gasteiger partial charge is 0.399 e. The van der Waals surface area contributed by atoms with E-state index >= 15 is 0 Å². The molecule has 0 aliphatic rings. The van der Waals surface area contributed by atoms with E-state index in [9.17, 15) is 12.8 Å². The molecule has 1 atom stereocenters. The summed E-state index contributed by atoms with van der Waals surface area (Å²) in [6, 6.07) is 12.0. The molecule has 0 radical (unpaired) electrons. The monoisotopic (exact) mass is 308 g/mol. The second-order valence-electron chi connectivity index (χ2n) is 4.89. The Hall–Kier alpha value is -1.92. The molecule has 0 aliphatic heterocycles. The van der Waals surface area contributed by atoms with E-state index in [1.807, 2.05) is 0 Å². The molecule has 0 aromatic heterocycles. The number of sulfonamides is 1. The van der Waals surface area contributed by atoms with Crippen LogP contribution in [0.3, 0.4) is 0 Å². The quantitative estimate of drug-likeness (QED) is 0.834. The predicted octanol–water partition coefficient (Wildman–Crippen LogP) is 2.59. The zero-order valence-electron chi connectivity index (χ0n) is 11.6. The smallest absolute Gasteiger partial charge is 0.216 e. The molecule has 2 rings (SSSR count). The Bertz CT molecular complexity index is 697. The van der Waals surface area contributed by atoms with E-state index in [1.54, 1.807) is 43.3 Å². The van der Waals surface area contributed by atoms with Gasteiger partial charge in [-0.05, 0) is 42.3 Å². The molecule has 0 fully saturated rings. The lowest BCUT2D eigenvalue weighted by atomic mass is 10.1. The summed E-state index contributed by atoms with van der Waals surface area (Å²) in [5.41, 5.74) is 7.51. The van der Waals surface area contributed by atoms with Crippen LogP contribution in [-0.2, 0) is 15.8 Å². The van der Waals surface area contributed by atoms with E-state index in [4.69, 9.17) is 5.73 Å². The molecule has 0 saturated heterocycles. The van der Waals surface area contributed by atoms with E-state index in [-0.39, 0.29) is 11.6 Å². The van der Waals surface area contributed by atoms with Crippen molar-refractivity contribution in [2.45, 2.75) is 18.7 Å². The summed E-state index contributed by atoms with van der Waals surface area (Å²) in [5.74, 6) is -0.477. The zero-order valence-corrected chi connectivity index (χ0v) is 12.4. The number of hydrogen-bond acceptors (Lipinski definition) is 3. The van der Waals surface area contributed by atoms with Gasteiger partial charge in [0.15, 0.2) is 0 Å². The topological polar surface area (TPSA) is 72.2 Å². The van der Waals surface area contributed by atoms with Crippen molar-refractivity contribution in [1.82, 2.24) is 4.72 Å². The minimum atomic E-state index is -3.49. The molecule has 6 heteroatoms. The number of nitrogens with two attached hydrogens (primary N) is 1. The van der Waals surface area contributed by atoms with Crippen molar-refractivity contribution in [3.05, 3.63) is 65.5 Å². The fraction of sp³-hybridized carbons (Fsp3) is 0.200. The minimum absolute atomic E-state index is 0.126. The SMILES string of the molecule is CC(NS(=O)(=O)Cc1ccc(N)cc1)c1ccc(F)cc1. The number of hydrogen-bond donors (Lipinski definition) is 2. The van der Waals surface area contributed by atoms with E-state index < -0.39 is 16.1 Å². The lowest BCUT2D eigenvalue weighted by Gasteiger charge is -2.14. The normalized spacial score (nSPS) is 13.0. The van der Waals surface area contributed by atoms with Gasteiger partial charge < -0.3 is 5.73 Å². The van der Waals surface area contributed by atoms with Crippen molar-refractivity contribution in [3.8, 4) is 0 Å². The molecule has 0 aliphatic carbocycles. The van der Waals surface area contributed by atoms with Crippen molar-refractivity contribution >= 4 is 15.7 Å². The summed E-state index contributed by atoms with van der Waals surface area (Å²) < 4.78 is 39.7. The molecule has 21 heavy (non-hydrogen) atoms. The van der Waals surface area contributed by atoms with Crippen LogP contribution in [0.2, 0.25) is 0 Å². The number of rotatable bonds is 5. The van der Waals surface area contributed by atoms with Crippen molar-refractivity contribution in [2.75, 3.05) is 5.73 Å². The molecule has 3 N–H and O–H groups in total. The third-order valence-electron chi connectivity index (χ3n) is 3.06. The molecule has 0 spiro atoms. The number of nitrogens with one attached hydrogen (secondary N) is 1. The van der Waals surface area contributed by atoms with Gasteiger partial charge in [-0.2, -0.15) is 0 Å². The van der Waals surface area contributed by atoms with Gasteiger partial charge in [0.2, 0.25) is 10.0 Å². The van der Waals surface area contributed by atoms with Gasteiger partial charge in [0, 0.05) is 11.7 Å². The molecule has 2 aromatic carbocycles. The Labute approximate surface area is 123 Å². The highest BCUT2D eigenvalue weighted by Gasteiger charge is 2.16. The first-order valence-electron chi connectivity index (χ1n) is 6.45. The van der Waals surface area contributed by atoms with Gasteiger partial charge in [-0.15, -0.1) is 0 Å². The van der Waals surface area contributed by atoms with Gasteiger partial charge >= 0.3 is 0 Å². The lowest BCUT2D eigenvalue weighted by molar-refractivity contribution is 0.565. The molecule has 0 heterocycles. The summed E-state index contributed by atoms with van der Waals surface area (Å²) in [6.07, 6.45) is 0. The van der Waals surface area contributed by atoms with Crippen LogP contribution < -0.4 is 10.5 Å². The maximum atomic E-state index is 12.9. The first kappa shape index (κ1) is 15.5. The van der Waals surface area contributed by atoms with Crippen LogP contribution in [0.4, 0.5) is 10.1 Å². The fourth-order valence-electron chi connectivity index (χ4n) is 1.96. The predicted molar refractivity (Wildman–Crippen MR) is 81.4 cm³/mol. The molecule has 0 saturated carbocycles. The van der Waals surface area contributed by atoms with Crippen LogP contribution >= 0.6 is 0 Å². The average molecular weight is 308 g/mol. The van der Waals surface area contributed by atoms with E-state index in [2.05, 4.69) is 4.72 Å². The molecular weight excluding hydrogens is 291 g/mol. The van der Waals surface area contributed by atoms with Gasteiger partial charge in [-0.25, -0.2) is 17.5 Å². The molecule has 112 valence electrons. The molecule has 0 amide bonds. The fourth-order valence-corrected chi connectivity index (χ4v) is 3.35. The number of nitrogen functional groups attached to an aromatic ring is 1. The third-order valence-corrected chi connectivity index (χ3v) is 4.49. The van der Waals surface area contributed by atoms with Crippen molar-refractivity contribution in [2.24, 2.45) is 0 Å². The molecule has 2 aromatic rings. The van der Waals surface area contributed by atoms with Gasteiger partial charge in [0.1, 0.15) is 5.82 Å². The Morgan fingerprint density at radius 2 is 1.67 bits per heavy atom. The maximum Gasteiger partial charge on any atom is 0.216 e. The minimum Gasteiger partial charge on any atom is -0.399 e. The number of halogens is 1. The number of benzene rings is 2. The highest BCUT2D eigenvalue weighted by atomic mass is 32.2. The standard InChI is InChI=1S/C15H17FN2O2S/c1-11(13-4-6-14(16)7-5-13)18-21(19,20)10-12-2-8-15(17)9-3-12/h2-9,11,18H,10,17H2,1H3. The highest BCUT2D eigenvalue weighted by Crippen LogP contribution is 2.16. The van der Waals surface area contributed by atoms with Crippen LogP contribution in [0.25, 0.3) is 0 Å². The van der Waals surface area contributed by atoms with Crippen molar-refractivity contribution in [1.29, 1.82) is 0 Å². The van der Waals surface area contributed by atoms with E-state index in [0.29, 0.717) is 16.8 Å². The summed E-state index contributed by atoms with van der Waals surface area (Å²) in [7, 11) is -3.49. The van der Waals surface area contributed by atoms with Crippen LogP contribution in [0.1, 0.15) is 24.1 Å².